The molecule has 0 aromatic rings. The first kappa shape index (κ1) is 16.0. The molecule has 0 aromatic heterocycles. The summed E-state index contributed by atoms with van der Waals surface area (Å²) in [4.78, 5) is 3.96. The summed E-state index contributed by atoms with van der Waals surface area (Å²) >= 11 is 0. The highest BCUT2D eigenvalue weighted by Gasteiger charge is 2.27. The molecule has 0 aliphatic rings. The van der Waals surface area contributed by atoms with Crippen LogP contribution in [0.2, 0.25) is 0 Å². The molecular weight excluding hydrogens is 235 g/mol. The smallest absolute Gasteiger partial charge is 0.372 e. The van der Waals surface area contributed by atoms with Crippen molar-refractivity contribution >= 4 is 5.96 Å². The molecule has 0 aromatic carbocycles. The van der Waals surface area contributed by atoms with Gasteiger partial charge in [-0.15, -0.1) is 0 Å². The lowest BCUT2D eigenvalue weighted by Crippen LogP contribution is -2.41. The van der Waals surface area contributed by atoms with Gasteiger partial charge in [-0.3, -0.25) is 4.99 Å². The topological polar surface area (TPSA) is 45.7 Å². The number of halogens is 3. The van der Waals surface area contributed by atoms with Crippen molar-refractivity contribution in [1.82, 2.24) is 10.6 Å². The molecular formula is C10H20F3N3O. The van der Waals surface area contributed by atoms with Crippen LogP contribution in [-0.2, 0) is 4.74 Å². The van der Waals surface area contributed by atoms with Crippen molar-refractivity contribution in [3.63, 3.8) is 0 Å². The zero-order chi connectivity index (χ0) is 13.3. The molecule has 0 amide bonds. The minimum atomic E-state index is -4.25. The minimum absolute atomic E-state index is 0.0746. The Bertz CT molecular complexity index is 229. The lowest BCUT2D eigenvalue weighted by Gasteiger charge is -2.14. The Kier molecular flexibility index (Phi) is 7.69. The van der Waals surface area contributed by atoms with Crippen LogP contribution in [-0.4, -0.2) is 45.0 Å². The van der Waals surface area contributed by atoms with Crippen LogP contribution in [0.25, 0.3) is 0 Å². The van der Waals surface area contributed by atoms with Gasteiger partial charge in [-0.05, 0) is 20.3 Å². The van der Waals surface area contributed by atoms with Crippen molar-refractivity contribution in [2.24, 2.45) is 4.99 Å². The second kappa shape index (κ2) is 8.16. The van der Waals surface area contributed by atoms with Crippen LogP contribution in [0.5, 0.6) is 0 Å². The van der Waals surface area contributed by atoms with Crippen molar-refractivity contribution in [1.29, 1.82) is 0 Å². The van der Waals surface area contributed by atoms with E-state index >= 15 is 0 Å². The van der Waals surface area contributed by atoms with E-state index in [-0.39, 0.29) is 12.6 Å². The van der Waals surface area contributed by atoms with Gasteiger partial charge < -0.3 is 15.4 Å². The second-order valence-corrected chi connectivity index (χ2v) is 3.82. The summed E-state index contributed by atoms with van der Waals surface area (Å²) in [5.74, 6) is 0.635. The van der Waals surface area contributed by atoms with Gasteiger partial charge in [0.25, 0.3) is 0 Å². The summed E-state index contributed by atoms with van der Waals surface area (Å²) in [5, 5.41) is 6.04. The molecule has 4 nitrogen and oxygen atoms in total. The van der Waals surface area contributed by atoms with Gasteiger partial charge in [-0.25, -0.2) is 0 Å². The molecule has 0 fully saturated rings. The Morgan fingerprint density at radius 1 is 1.35 bits per heavy atom. The Hall–Kier alpha value is -0.980. The summed E-state index contributed by atoms with van der Waals surface area (Å²) in [6.07, 6.45) is -3.75. The van der Waals surface area contributed by atoms with E-state index in [1.807, 2.05) is 13.8 Å². The third-order valence-electron chi connectivity index (χ3n) is 1.67. The molecule has 0 radical (unpaired) electrons. The van der Waals surface area contributed by atoms with Crippen molar-refractivity contribution < 1.29 is 17.9 Å². The number of guanidine groups is 1. The van der Waals surface area contributed by atoms with E-state index in [1.165, 1.54) is 0 Å². The second-order valence-electron chi connectivity index (χ2n) is 3.82. The SMILES string of the molecule is CN=C(NCCCOCC(F)(F)F)NC(C)C. The molecule has 0 saturated carbocycles. The number of aliphatic imine (C=N–C) groups is 1. The Morgan fingerprint density at radius 3 is 2.47 bits per heavy atom. The third kappa shape index (κ3) is 11.3. The zero-order valence-corrected chi connectivity index (χ0v) is 10.4. The number of hydrogen-bond acceptors (Lipinski definition) is 2. The summed E-state index contributed by atoms with van der Waals surface area (Å²) in [7, 11) is 1.64. The summed E-state index contributed by atoms with van der Waals surface area (Å²) in [5.41, 5.74) is 0. The van der Waals surface area contributed by atoms with E-state index in [2.05, 4.69) is 20.4 Å². The first-order valence-electron chi connectivity index (χ1n) is 5.47. The van der Waals surface area contributed by atoms with Crippen LogP contribution in [0.15, 0.2) is 4.99 Å². The fourth-order valence-electron chi connectivity index (χ4n) is 1.04. The Labute approximate surface area is 99.6 Å². The molecule has 0 heterocycles. The van der Waals surface area contributed by atoms with Crippen LogP contribution < -0.4 is 10.6 Å². The molecule has 0 bridgehead atoms. The van der Waals surface area contributed by atoms with E-state index in [1.54, 1.807) is 7.05 Å². The van der Waals surface area contributed by atoms with Crippen LogP contribution >= 0.6 is 0 Å². The molecule has 0 aliphatic carbocycles. The van der Waals surface area contributed by atoms with Gasteiger partial charge in [0, 0.05) is 26.2 Å². The number of hydrogen-bond donors (Lipinski definition) is 2. The van der Waals surface area contributed by atoms with E-state index in [4.69, 9.17) is 0 Å². The molecule has 0 aliphatic heterocycles. The van der Waals surface area contributed by atoms with Gasteiger partial charge in [0.05, 0.1) is 0 Å². The number of nitrogens with zero attached hydrogens (tertiary/aromatic N) is 1. The molecule has 102 valence electrons. The largest absolute Gasteiger partial charge is 0.411 e. The standard InChI is InChI=1S/C10H20F3N3O/c1-8(2)16-9(14-3)15-5-4-6-17-7-10(11,12)13/h8H,4-7H2,1-3H3,(H2,14,15,16). The fourth-order valence-corrected chi connectivity index (χ4v) is 1.04. The van der Waals surface area contributed by atoms with Crippen molar-refractivity contribution in [3.05, 3.63) is 0 Å². The van der Waals surface area contributed by atoms with Crippen LogP contribution in [0.1, 0.15) is 20.3 Å². The number of alkyl halides is 3. The molecule has 0 spiro atoms. The third-order valence-corrected chi connectivity index (χ3v) is 1.67. The molecule has 0 rings (SSSR count). The van der Waals surface area contributed by atoms with Crippen LogP contribution in [0.4, 0.5) is 13.2 Å². The van der Waals surface area contributed by atoms with Crippen molar-refractivity contribution in [3.8, 4) is 0 Å². The maximum atomic E-state index is 11.7. The normalized spacial score (nSPS) is 13.0. The van der Waals surface area contributed by atoms with E-state index in [0.29, 0.717) is 18.9 Å². The van der Waals surface area contributed by atoms with Crippen molar-refractivity contribution in [2.45, 2.75) is 32.5 Å². The quantitative estimate of drug-likeness (QED) is 0.430. The predicted molar refractivity (Wildman–Crippen MR) is 61.1 cm³/mol. The number of rotatable bonds is 6. The summed E-state index contributed by atoms with van der Waals surface area (Å²) < 4.78 is 39.6. The molecule has 7 heteroatoms. The Balaban J connectivity index is 3.50. The van der Waals surface area contributed by atoms with E-state index < -0.39 is 12.8 Å². The maximum absolute atomic E-state index is 11.7. The highest BCUT2D eigenvalue weighted by Crippen LogP contribution is 2.14. The van der Waals surface area contributed by atoms with Gasteiger partial charge in [0.2, 0.25) is 0 Å². The van der Waals surface area contributed by atoms with Crippen molar-refractivity contribution in [2.75, 3.05) is 26.8 Å². The Morgan fingerprint density at radius 2 is 2.00 bits per heavy atom. The van der Waals surface area contributed by atoms with Gasteiger partial charge >= 0.3 is 6.18 Å². The van der Waals surface area contributed by atoms with Gasteiger partial charge in [-0.2, -0.15) is 13.2 Å². The van der Waals surface area contributed by atoms with E-state index in [0.717, 1.165) is 0 Å². The monoisotopic (exact) mass is 255 g/mol. The first-order valence-corrected chi connectivity index (χ1v) is 5.47. The minimum Gasteiger partial charge on any atom is -0.372 e. The average molecular weight is 255 g/mol. The fraction of sp³-hybridized carbons (Fsp3) is 0.900. The molecule has 0 atom stereocenters. The van der Waals surface area contributed by atoms with E-state index in [9.17, 15) is 13.2 Å². The molecule has 0 saturated heterocycles. The van der Waals surface area contributed by atoms with Gasteiger partial charge in [0.15, 0.2) is 5.96 Å². The number of ether oxygens (including phenoxy) is 1. The zero-order valence-electron chi connectivity index (χ0n) is 10.4. The highest BCUT2D eigenvalue weighted by molar-refractivity contribution is 5.79. The summed E-state index contributed by atoms with van der Waals surface area (Å²) in [6.45, 7) is 3.35. The lowest BCUT2D eigenvalue weighted by molar-refractivity contribution is -0.173. The highest BCUT2D eigenvalue weighted by atomic mass is 19.4. The van der Waals surface area contributed by atoms with Crippen LogP contribution in [0.3, 0.4) is 0 Å². The van der Waals surface area contributed by atoms with Gasteiger partial charge in [0.1, 0.15) is 6.61 Å². The summed E-state index contributed by atoms with van der Waals surface area (Å²) in [6, 6.07) is 0.252. The van der Waals surface area contributed by atoms with Gasteiger partial charge in [-0.1, -0.05) is 0 Å². The van der Waals surface area contributed by atoms with Crippen LogP contribution in [0, 0.1) is 0 Å². The molecule has 2 N–H and O–H groups in total. The number of nitrogens with one attached hydrogen (secondary N) is 2. The first-order chi connectivity index (χ1) is 7.85. The molecule has 0 unspecified atom stereocenters. The maximum Gasteiger partial charge on any atom is 0.411 e. The predicted octanol–water partition coefficient (Wildman–Crippen LogP) is 1.53. The lowest BCUT2D eigenvalue weighted by atomic mass is 10.4. The molecule has 17 heavy (non-hydrogen) atoms. The average Bonchev–Trinajstić information content (AvgIpc) is 2.19.